The highest BCUT2D eigenvalue weighted by molar-refractivity contribution is 7.99. The van der Waals surface area contributed by atoms with Gasteiger partial charge in [0, 0.05) is 22.7 Å². The molecule has 2 heterocycles. The summed E-state index contributed by atoms with van der Waals surface area (Å²) in [5.41, 5.74) is 4.02. The molecule has 148 valence electrons. The van der Waals surface area contributed by atoms with E-state index in [-0.39, 0.29) is 11.5 Å². The van der Waals surface area contributed by atoms with Crippen LogP contribution in [-0.4, -0.2) is 31.7 Å². The second-order valence-electron chi connectivity index (χ2n) is 6.73. The van der Waals surface area contributed by atoms with Crippen molar-refractivity contribution in [3.8, 4) is 5.75 Å². The van der Waals surface area contributed by atoms with Gasteiger partial charge in [-0.15, -0.1) is 5.10 Å². The van der Waals surface area contributed by atoms with Crippen molar-refractivity contribution < 1.29 is 9.53 Å². The smallest absolute Gasteiger partial charge is 0.208 e. The third-order valence-corrected chi connectivity index (χ3v) is 5.63. The van der Waals surface area contributed by atoms with Gasteiger partial charge in [-0.3, -0.25) is 9.89 Å². The average Bonchev–Trinajstić information content (AvgIpc) is 3.38. The Kier molecular flexibility index (Phi) is 5.67. The van der Waals surface area contributed by atoms with Gasteiger partial charge in [-0.1, -0.05) is 55.1 Å². The number of ketones is 1. The molecule has 7 heteroatoms. The molecule has 0 radical (unpaired) electrons. The monoisotopic (exact) mass is 406 g/mol. The molecular weight excluding hydrogens is 384 g/mol. The second kappa shape index (κ2) is 8.53. The number of aryl methyl sites for hydroxylation is 2. The molecule has 0 aliphatic carbocycles. The molecule has 0 fully saturated rings. The van der Waals surface area contributed by atoms with Crippen molar-refractivity contribution >= 4 is 28.4 Å². The highest BCUT2D eigenvalue weighted by atomic mass is 32.2. The van der Waals surface area contributed by atoms with Crippen molar-refractivity contribution in [2.24, 2.45) is 0 Å². The van der Waals surface area contributed by atoms with E-state index in [9.17, 15) is 4.79 Å². The van der Waals surface area contributed by atoms with Crippen LogP contribution in [0.1, 0.15) is 34.2 Å². The Morgan fingerprint density at radius 2 is 2.03 bits per heavy atom. The summed E-state index contributed by atoms with van der Waals surface area (Å²) in [7, 11) is 0. The summed E-state index contributed by atoms with van der Waals surface area (Å²) in [5, 5.41) is 8.56. The molecule has 0 bridgehead atoms. The van der Waals surface area contributed by atoms with Gasteiger partial charge in [0.1, 0.15) is 12.4 Å². The molecule has 2 N–H and O–H groups in total. The van der Waals surface area contributed by atoms with Crippen LogP contribution >= 0.6 is 11.8 Å². The number of Topliss-reactive ketones (excluding diaryl/α,β-unsaturated/α-hetero) is 1. The van der Waals surface area contributed by atoms with Crippen LogP contribution in [0.15, 0.2) is 53.8 Å². The number of aromatic amines is 2. The maximum absolute atomic E-state index is 12.7. The van der Waals surface area contributed by atoms with E-state index in [0.717, 1.165) is 28.6 Å². The number of hydrogen-bond acceptors (Lipinski definition) is 5. The van der Waals surface area contributed by atoms with Gasteiger partial charge in [0.2, 0.25) is 5.16 Å². The zero-order valence-corrected chi connectivity index (χ0v) is 17.2. The van der Waals surface area contributed by atoms with Gasteiger partial charge in [-0.05, 0) is 30.5 Å². The number of nitrogens with zero attached hydrogens (tertiary/aromatic N) is 2. The van der Waals surface area contributed by atoms with Gasteiger partial charge in [0.05, 0.1) is 5.75 Å². The molecule has 4 rings (SSSR count). The topological polar surface area (TPSA) is 83.7 Å². The lowest BCUT2D eigenvalue weighted by atomic mass is 10.1. The number of hydrogen-bond donors (Lipinski definition) is 2. The highest BCUT2D eigenvalue weighted by Crippen LogP contribution is 2.24. The van der Waals surface area contributed by atoms with Crippen LogP contribution in [-0.2, 0) is 13.0 Å². The molecule has 2 aromatic carbocycles. The Hall–Kier alpha value is -3.06. The van der Waals surface area contributed by atoms with Gasteiger partial charge in [0.15, 0.2) is 11.6 Å². The first-order valence-electron chi connectivity index (χ1n) is 9.50. The average molecular weight is 407 g/mol. The normalized spacial score (nSPS) is 11.1. The first-order chi connectivity index (χ1) is 14.2. The van der Waals surface area contributed by atoms with E-state index >= 15 is 0 Å². The lowest BCUT2D eigenvalue weighted by Gasteiger charge is -2.06. The fourth-order valence-electron chi connectivity index (χ4n) is 3.22. The van der Waals surface area contributed by atoms with E-state index in [2.05, 4.69) is 33.2 Å². The number of thioether (sulfide) groups is 1. The first kappa shape index (κ1) is 19.3. The molecule has 4 aromatic rings. The van der Waals surface area contributed by atoms with E-state index in [1.54, 1.807) is 6.20 Å². The number of rotatable bonds is 8. The van der Waals surface area contributed by atoms with Crippen LogP contribution in [0.5, 0.6) is 5.75 Å². The number of ether oxygens (including phenoxy) is 1. The molecule has 2 aromatic heterocycles. The number of carbonyl (C=O) groups is 1. The van der Waals surface area contributed by atoms with Gasteiger partial charge in [0.25, 0.3) is 0 Å². The lowest BCUT2D eigenvalue weighted by Crippen LogP contribution is -2.02. The van der Waals surface area contributed by atoms with Gasteiger partial charge >= 0.3 is 0 Å². The summed E-state index contributed by atoms with van der Waals surface area (Å²) in [4.78, 5) is 20.4. The molecule has 29 heavy (non-hydrogen) atoms. The van der Waals surface area contributed by atoms with E-state index in [1.807, 2.05) is 43.3 Å². The van der Waals surface area contributed by atoms with Gasteiger partial charge in [-0.2, -0.15) is 0 Å². The SMILES string of the molecule is CCc1cccc2c(C(=O)CSc3n[nH]c(COc4ccccc4C)n3)c[nH]c12. The quantitative estimate of drug-likeness (QED) is 0.327. The summed E-state index contributed by atoms with van der Waals surface area (Å²) in [6, 6.07) is 13.9. The second-order valence-corrected chi connectivity index (χ2v) is 7.67. The largest absolute Gasteiger partial charge is 0.485 e. The van der Waals surface area contributed by atoms with Crippen LogP contribution < -0.4 is 4.74 Å². The van der Waals surface area contributed by atoms with Crippen molar-refractivity contribution in [2.75, 3.05) is 5.75 Å². The summed E-state index contributed by atoms with van der Waals surface area (Å²) in [6.07, 6.45) is 2.72. The molecule has 0 amide bonds. The third kappa shape index (κ3) is 4.19. The van der Waals surface area contributed by atoms with Crippen LogP contribution in [0.25, 0.3) is 10.9 Å². The number of fused-ring (bicyclic) bond motifs is 1. The zero-order chi connectivity index (χ0) is 20.2. The number of aromatic nitrogens is 4. The van der Waals surface area contributed by atoms with Gasteiger partial charge in [-0.25, -0.2) is 4.98 Å². The minimum atomic E-state index is 0.0528. The molecule has 0 saturated heterocycles. The van der Waals surface area contributed by atoms with E-state index < -0.39 is 0 Å². The summed E-state index contributed by atoms with van der Waals surface area (Å²) >= 11 is 1.32. The van der Waals surface area contributed by atoms with Crippen molar-refractivity contribution in [2.45, 2.75) is 32.0 Å². The number of nitrogens with one attached hydrogen (secondary N) is 2. The molecule has 0 aliphatic heterocycles. The predicted molar refractivity (Wildman–Crippen MR) is 115 cm³/mol. The van der Waals surface area contributed by atoms with E-state index in [0.29, 0.717) is 23.2 Å². The van der Waals surface area contributed by atoms with Crippen LogP contribution in [0.4, 0.5) is 0 Å². The van der Waals surface area contributed by atoms with Crippen molar-refractivity contribution in [1.82, 2.24) is 20.2 Å². The van der Waals surface area contributed by atoms with Crippen molar-refractivity contribution in [3.05, 3.63) is 71.2 Å². The van der Waals surface area contributed by atoms with Crippen LogP contribution in [0.3, 0.4) is 0 Å². The van der Waals surface area contributed by atoms with E-state index in [1.165, 1.54) is 17.3 Å². The molecule has 6 nitrogen and oxygen atoms in total. The minimum Gasteiger partial charge on any atom is -0.485 e. The number of para-hydroxylation sites is 2. The van der Waals surface area contributed by atoms with Crippen LogP contribution in [0, 0.1) is 6.92 Å². The number of benzene rings is 2. The Bertz CT molecular complexity index is 1150. The fraction of sp³-hybridized carbons (Fsp3) is 0.227. The summed E-state index contributed by atoms with van der Waals surface area (Å²) < 4.78 is 5.78. The zero-order valence-electron chi connectivity index (χ0n) is 16.4. The maximum Gasteiger partial charge on any atom is 0.208 e. The Morgan fingerprint density at radius 1 is 1.17 bits per heavy atom. The van der Waals surface area contributed by atoms with Crippen LogP contribution in [0.2, 0.25) is 0 Å². The van der Waals surface area contributed by atoms with Crippen molar-refractivity contribution in [3.63, 3.8) is 0 Å². The minimum absolute atomic E-state index is 0.0528. The van der Waals surface area contributed by atoms with E-state index in [4.69, 9.17) is 4.74 Å². The molecule has 0 atom stereocenters. The predicted octanol–water partition coefficient (Wildman–Crippen LogP) is 4.71. The Labute approximate surface area is 173 Å². The Morgan fingerprint density at radius 3 is 2.86 bits per heavy atom. The molecule has 0 spiro atoms. The molecule has 0 unspecified atom stereocenters. The molecule has 0 saturated carbocycles. The number of carbonyl (C=O) groups excluding carboxylic acids is 1. The molecular formula is C22H22N4O2S. The summed E-state index contributed by atoms with van der Waals surface area (Å²) in [5.74, 6) is 1.78. The lowest BCUT2D eigenvalue weighted by molar-refractivity contribution is 0.102. The van der Waals surface area contributed by atoms with Crippen molar-refractivity contribution in [1.29, 1.82) is 0 Å². The first-order valence-corrected chi connectivity index (χ1v) is 10.5. The Balaban J connectivity index is 1.37. The maximum atomic E-state index is 12.7. The fourth-order valence-corrected chi connectivity index (χ4v) is 3.92. The highest BCUT2D eigenvalue weighted by Gasteiger charge is 2.15. The third-order valence-electron chi connectivity index (χ3n) is 4.78. The van der Waals surface area contributed by atoms with Gasteiger partial charge < -0.3 is 9.72 Å². The molecule has 0 aliphatic rings. The number of H-pyrrole nitrogens is 2. The standard InChI is InChI=1S/C22H22N4O2S/c1-3-15-8-6-9-16-17(11-23-21(15)16)18(27)13-29-22-24-20(25-26-22)12-28-19-10-5-4-7-14(19)2/h4-11,23H,3,12-13H2,1-2H3,(H,24,25,26). The summed E-state index contributed by atoms with van der Waals surface area (Å²) in [6.45, 7) is 4.40.